The Morgan fingerprint density at radius 3 is 2.59 bits per heavy atom. The van der Waals surface area contributed by atoms with E-state index >= 15 is 0 Å². The lowest BCUT2D eigenvalue weighted by molar-refractivity contribution is 0.103. The van der Waals surface area contributed by atoms with Crippen molar-refractivity contribution in [2.75, 3.05) is 5.32 Å². The fourth-order valence-corrected chi connectivity index (χ4v) is 6.37. The van der Waals surface area contributed by atoms with E-state index in [0.717, 1.165) is 18.4 Å². The highest BCUT2D eigenvalue weighted by Crippen LogP contribution is 2.44. The van der Waals surface area contributed by atoms with Crippen molar-refractivity contribution in [3.8, 4) is 0 Å². The lowest BCUT2D eigenvalue weighted by Gasteiger charge is -2.41. The summed E-state index contributed by atoms with van der Waals surface area (Å²) in [6.45, 7) is 16.6. The Balaban J connectivity index is 1.56. The molecule has 3 aromatic rings. The fourth-order valence-electron chi connectivity index (χ4n) is 4.96. The van der Waals surface area contributed by atoms with Gasteiger partial charge in [0.05, 0.1) is 24.3 Å². The molecule has 1 aromatic carbocycles. The van der Waals surface area contributed by atoms with Crippen molar-refractivity contribution in [1.29, 1.82) is 0 Å². The molecule has 1 saturated carbocycles. The molecule has 7 nitrogen and oxygen atoms in total. The maximum Gasteiger partial charge on any atom is 0.218 e. The predicted octanol–water partition coefficient (Wildman–Crippen LogP) is 6.19. The van der Waals surface area contributed by atoms with Gasteiger partial charge >= 0.3 is 0 Å². The van der Waals surface area contributed by atoms with Crippen LogP contribution in [0.15, 0.2) is 55.1 Å². The lowest BCUT2D eigenvalue weighted by Crippen LogP contribution is -2.48. The van der Waals surface area contributed by atoms with Gasteiger partial charge < -0.3 is 9.74 Å². The van der Waals surface area contributed by atoms with E-state index in [1.807, 2.05) is 36.5 Å². The molecule has 0 amide bonds. The zero-order chi connectivity index (χ0) is 26.8. The third-order valence-corrected chi connectivity index (χ3v) is 12.8. The molecule has 0 aliphatic heterocycles. The summed E-state index contributed by atoms with van der Waals surface area (Å²) < 4.78 is 8.75. The summed E-state index contributed by atoms with van der Waals surface area (Å²) in [5, 5.41) is 8.28. The first-order valence-corrected chi connectivity index (χ1v) is 16.3. The average molecular weight is 520 g/mol. The molecule has 0 spiro atoms. The van der Waals surface area contributed by atoms with Crippen molar-refractivity contribution >= 4 is 19.9 Å². The summed E-state index contributed by atoms with van der Waals surface area (Å²) in [5.74, 6) is 1.35. The van der Waals surface area contributed by atoms with E-state index in [0.29, 0.717) is 35.5 Å². The van der Waals surface area contributed by atoms with E-state index in [1.54, 1.807) is 16.9 Å². The lowest BCUT2D eigenvalue weighted by atomic mass is 9.95. The highest BCUT2D eigenvalue weighted by molar-refractivity contribution is 6.74. The van der Waals surface area contributed by atoms with Crippen LogP contribution < -0.4 is 5.32 Å². The third-order valence-electron chi connectivity index (χ3n) is 8.32. The quantitative estimate of drug-likeness (QED) is 0.268. The molecule has 4 atom stereocenters. The Hall–Kier alpha value is -2.84. The van der Waals surface area contributed by atoms with Crippen LogP contribution in [0.1, 0.15) is 69.1 Å². The zero-order valence-electron chi connectivity index (χ0n) is 23.2. The molecule has 1 aliphatic carbocycles. The van der Waals surface area contributed by atoms with E-state index in [4.69, 9.17) is 4.43 Å². The number of benzene rings is 1. The molecule has 198 valence electrons. The summed E-state index contributed by atoms with van der Waals surface area (Å²) in [7, 11) is -1.98. The van der Waals surface area contributed by atoms with Crippen molar-refractivity contribution in [3.63, 3.8) is 0 Å². The van der Waals surface area contributed by atoms with Crippen LogP contribution in [-0.2, 0) is 11.0 Å². The maximum atomic E-state index is 13.5. The third kappa shape index (κ3) is 6.01. The van der Waals surface area contributed by atoms with Gasteiger partial charge in [-0.05, 0) is 48.0 Å². The van der Waals surface area contributed by atoms with E-state index in [1.165, 1.54) is 6.33 Å². The van der Waals surface area contributed by atoms with Gasteiger partial charge in [0.1, 0.15) is 17.8 Å². The molecule has 1 N–H and O–H groups in total. The van der Waals surface area contributed by atoms with Gasteiger partial charge in [0.25, 0.3) is 0 Å². The van der Waals surface area contributed by atoms with Crippen molar-refractivity contribution in [2.45, 2.75) is 84.3 Å². The number of anilines is 1. The van der Waals surface area contributed by atoms with Gasteiger partial charge in [0.15, 0.2) is 8.32 Å². The number of aromatic nitrogens is 4. The number of nitrogens with one attached hydrogen (secondary N) is 1. The van der Waals surface area contributed by atoms with Gasteiger partial charge in [-0.15, -0.1) is 0 Å². The minimum absolute atomic E-state index is 0.0637. The van der Waals surface area contributed by atoms with Gasteiger partial charge in [-0.3, -0.25) is 9.48 Å². The van der Waals surface area contributed by atoms with Crippen LogP contribution in [0.25, 0.3) is 0 Å². The second-order valence-electron chi connectivity index (χ2n) is 11.9. The molecule has 1 aliphatic rings. The normalized spacial score (nSPS) is 22.2. The molecular weight excluding hydrogens is 478 g/mol. The Morgan fingerprint density at radius 1 is 1.19 bits per heavy atom. The van der Waals surface area contributed by atoms with E-state index in [2.05, 4.69) is 68.1 Å². The second-order valence-corrected chi connectivity index (χ2v) is 16.6. The SMILES string of the molecule is CC[C@H]1C[C@@H](Nc2ncncc2C(=O)c2ccn(Cc3ccccc3)n2)C(O[Si](C)(C)C(C)(C)C)[C@@H]1C. The minimum Gasteiger partial charge on any atom is -0.412 e. The van der Waals surface area contributed by atoms with Gasteiger partial charge in [0, 0.05) is 12.4 Å². The van der Waals surface area contributed by atoms with Crippen LogP contribution in [0, 0.1) is 11.8 Å². The summed E-state index contributed by atoms with van der Waals surface area (Å²) >= 11 is 0. The molecule has 0 bridgehead atoms. The first kappa shape index (κ1) is 27.2. The predicted molar refractivity (Wildman–Crippen MR) is 150 cm³/mol. The molecule has 37 heavy (non-hydrogen) atoms. The summed E-state index contributed by atoms with van der Waals surface area (Å²) in [6.07, 6.45) is 7.07. The molecular formula is C29H41N5O2Si. The topological polar surface area (TPSA) is 81.9 Å². The van der Waals surface area contributed by atoms with Crippen LogP contribution in [0.3, 0.4) is 0 Å². The van der Waals surface area contributed by atoms with Crippen molar-refractivity contribution in [3.05, 3.63) is 71.9 Å². The van der Waals surface area contributed by atoms with Crippen LogP contribution >= 0.6 is 0 Å². The number of carbonyl (C=O) groups is 1. The molecule has 0 radical (unpaired) electrons. The number of rotatable bonds is 9. The van der Waals surface area contributed by atoms with Gasteiger partial charge in [-0.1, -0.05) is 71.4 Å². The van der Waals surface area contributed by atoms with Crippen molar-refractivity contribution in [1.82, 2.24) is 19.7 Å². The number of hydrogen-bond acceptors (Lipinski definition) is 6. The Morgan fingerprint density at radius 2 is 1.92 bits per heavy atom. The number of carbonyl (C=O) groups excluding carboxylic acids is 1. The smallest absolute Gasteiger partial charge is 0.218 e. The number of nitrogens with zero attached hydrogens (tertiary/aromatic N) is 4. The maximum absolute atomic E-state index is 13.5. The molecule has 4 rings (SSSR count). The summed E-state index contributed by atoms with van der Waals surface area (Å²) in [5.41, 5.74) is 1.95. The Bertz CT molecular complexity index is 1200. The van der Waals surface area contributed by atoms with E-state index < -0.39 is 8.32 Å². The number of ketones is 1. The van der Waals surface area contributed by atoms with Crippen molar-refractivity contribution in [2.24, 2.45) is 11.8 Å². The first-order valence-electron chi connectivity index (χ1n) is 13.4. The average Bonchev–Trinajstić information content (AvgIpc) is 3.43. The molecule has 2 aromatic heterocycles. The van der Waals surface area contributed by atoms with Crippen LogP contribution in [0.2, 0.25) is 18.1 Å². The van der Waals surface area contributed by atoms with E-state index in [9.17, 15) is 4.79 Å². The molecule has 8 heteroatoms. The largest absolute Gasteiger partial charge is 0.412 e. The van der Waals surface area contributed by atoms with Crippen molar-refractivity contribution < 1.29 is 9.22 Å². The molecule has 0 saturated heterocycles. The molecule has 1 unspecified atom stereocenters. The fraction of sp³-hybridized carbons (Fsp3) is 0.517. The van der Waals surface area contributed by atoms with Gasteiger partial charge in [0.2, 0.25) is 5.78 Å². The van der Waals surface area contributed by atoms with E-state index in [-0.39, 0.29) is 23.0 Å². The van der Waals surface area contributed by atoms with Crippen LogP contribution in [0.4, 0.5) is 5.82 Å². The monoisotopic (exact) mass is 519 g/mol. The Kier molecular flexibility index (Phi) is 7.99. The molecule has 1 fully saturated rings. The van der Waals surface area contributed by atoms with Gasteiger partial charge in [-0.2, -0.15) is 5.10 Å². The Labute approximate surface area is 222 Å². The summed E-state index contributed by atoms with van der Waals surface area (Å²) in [6, 6.07) is 11.9. The highest BCUT2D eigenvalue weighted by Gasteiger charge is 2.47. The minimum atomic E-state index is -1.98. The first-order chi connectivity index (χ1) is 17.5. The molecule has 2 heterocycles. The number of hydrogen-bond donors (Lipinski definition) is 1. The summed E-state index contributed by atoms with van der Waals surface area (Å²) in [4.78, 5) is 22.2. The van der Waals surface area contributed by atoms with Crippen LogP contribution in [-0.4, -0.2) is 46.0 Å². The zero-order valence-corrected chi connectivity index (χ0v) is 24.2. The van der Waals surface area contributed by atoms with Gasteiger partial charge in [-0.25, -0.2) is 9.97 Å². The highest BCUT2D eigenvalue weighted by atomic mass is 28.4. The van der Waals surface area contributed by atoms with Crippen LogP contribution in [0.5, 0.6) is 0 Å². The standard InChI is InChI=1S/C29H41N5O2Si/c1-8-22-16-25(27(20(22)2)36-37(6,7)29(3,4)5)32-28-23(17-30-19-31-28)26(35)24-14-15-34(33-24)18-21-12-10-9-11-13-21/h9-15,17,19-20,22,25,27H,8,16,18H2,1-7H3,(H,30,31,32)/t20-,22+,25-,27?/m1/s1. The second kappa shape index (κ2) is 10.9.